The lowest BCUT2D eigenvalue weighted by atomic mass is 9.95. The van der Waals surface area contributed by atoms with E-state index in [1.54, 1.807) is 42.5 Å². The lowest BCUT2D eigenvalue weighted by Crippen LogP contribution is -2.28. The lowest BCUT2D eigenvalue weighted by molar-refractivity contribution is -0.109. The Balaban J connectivity index is 2.14. The van der Waals surface area contributed by atoms with Crippen LogP contribution in [0.25, 0.3) is 0 Å². The molecule has 5 nitrogen and oxygen atoms in total. The fourth-order valence-electron chi connectivity index (χ4n) is 2.34. The van der Waals surface area contributed by atoms with Gasteiger partial charge in [0.05, 0.1) is 25.5 Å². The van der Waals surface area contributed by atoms with E-state index in [0.29, 0.717) is 28.3 Å². The van der Waals surface area contributed by atoms with Crippen molar-refractivity contribution in [3.63, 3.8) is 0 Å². The maximum absolute atomic E-state index is 12.3. The zero-order chi connectivity index (χ0) is 15.7. The lowest BCUT2D eigenvalue weighted by Gasteiger charge is -2.15. The predicted octanol–water partition coefficient (Wildman–Crippen LogP) is 2.59. The predicted molar refractivity (Wildman–Crippen MR) is 81.5 cm³/mol. The highest BCUT2D eigenvalue weighted by Crippen LogP contribution is 2.31. The topological polar surface area (TPSA) is 65.0 Å². The van der Waals surface area contributed by atoms with E-state index in [-0.39, 0.29) is 5.71 Å². The van der Waals surface area contributed by atoms with Gasteiger partial charge in [-0.15, -0.1) is 0 Å². The average Bonchev–Trinajstić information content (AvgIpc) is 2.57. The van der Waals surface area contributed by atoms with E-state index in [0.717, 1.165) is 0 Å². The molecule has 2 aromatic carbocycles. The molecule has 22 heavy (non-hydrogen) atoms. The van der Waals surface area contributed by atoms with Crippen molar-refractivity contribution in [3.8, 4) is 11.5 Å². The molecule has 0 N–H and O–H groups in total. The summed E-state index contributed by atoms with van der Waals surface area (Å²) in [6, 6.07) is 11.8. The fourth-order valence-corrected chi connectivity index (χ4v) is 2.34. The van der Waals surface area contributed by atoms with Gasteiger partial charge >= 0.3 is 0 Å². The van der Waals surface area contributed by atoms with Crippen LogP contribution in [0.15, 0.2) is 47.5 Å². The summed E-state index contributed by atoms with van der Waals surface area (Å²) in [5.41, 5.74) is 1.46. The summed E-state index contributed by atoms with van der Waals surface area (Å²) in [4.78, 5) is 28.8. The first-order valence-electron chi connectivity index (χ1n) is 6.65. The third kappa shape index (κ3) is 2.16. The van der Waals surface area contributed by atoms with Gasteiger partial charge < -0.3 is 9.47 Å². The molecular formula is C17H13NO4. The quantitative estimate of drug-likeness (QED) is 0.816. The number of para-hydroxylation sites is 1. The highest BCUT2D eigenvalue weighted by atomic mass is 16.5. The number of nitrogens with zero attached hydrogens (tertiary/aromatic N) is 1. The van der Waals surface area contributed by atoms with Crippen molar-refractivity contribution < 1.29 is 19.1 Å². The van der Waals surface area contributed by atoms with Crippen LogP contribution in [0.2, 0.25) is 0 Å². The molecule has 110 valence electrons. The van der Waals surface area contributed by atoms with Crippen LogP contribution < -0.4 is 9.47 Å². The van der Waals surface area contributed by atoms with Gasteiger partial charge in [-0.3, -0.25) is 9.59 Å². The second kappa shape index (κ2) is 5.44. The van der Waals surface area contributed by atoms with E-state index >= 15 is 0 Å². The molecule has 0 bridgehead atoms. The van der Waals surface area contributed by atoms with Crippen LogP contribution in [0.1, 0.15) is 15.9 Å². The molecule has 0 spiro atoms. The number of carbonyl (C=O) groups is 2. The summed E-state index contributed by atoms with van der Waals surface area (Å²) in [7, 11) is 3.03. The minimum absolute atomic E-state index is 0.115. The summed E-state index contributed by atoms with van der Waals surface area (Å²) < 4.78 is 10.4. The highest BCUT2D eigenvalue weighted by molar-refractivity contribution is 6.72. The van der Waals surface area contributed by atoms with E-state index in [1.807, 2.05) is 0 Å². The van der Waals surface area contributed by atoms with Gasteiger partial charge in [0, 0.05) is 5.56 Å². The van der Waals surface area contributed by atoms with Crippen molar-refractivity contribution in [2.75, 3.05) is 14.2 Å². The Morgan fingerprint density at radius 1 is 0.864 bits per heavy atom. The van der Waals surface area contributed by atoms with Crippen molar-refractivity contribution in [2.24, 2.45) is 4.99 Å². The van der Waals surface area contributed by atoms with Crippen LogP contribution in [-0.4, -0.2) is 31.5 Å². The summed E-state index contributed by atoms with van der Waals surface area (Å²) in [6.45, 7) is 0. The monoisotopic (exact) mass is 295 g/mol. The van der Waals surface area contributed by atoms with Crippen molar-refractivity contribution in [2.45, 2.75) is 0 Å². The number of hydrogen-bond donors (Lipinski definition) is 0. The van der Waals surface area contributed by atoms with Crippen LogP contribution in [0, 0.1) is 0 Å². The zero-order valence-electron chi connectivity index (χ0n) is 12.1. The summed E-state index contributed by atoms with van der Waals surface area (Å²) in [5.74, 6) is -0.148. The Morgan fingerprint density at radius 2 is 1.59 bits per heavy atom. The number of benzene rings is 2. The third-order valence-electron chi connectivity index (χ3n) is 3.46. The van der Waals surface area contributed by atoms with Gasteiger partial charge in [-0.05, 0) is 30.3 Å². The van der Waals surface area contributed by atoms with Crippen molar-refractivity contribution in [1.82, 2.24) is 0 Å². The largest absolute Gasteiger partial charge is 0.493 e. The smallest absolute Gasteiger partial charge is 0.252 e. The van der Waals surface area contributed by atoms with Crippen LogP contribution in [-0.2, 0) is 4.79 Å². The van der Waals surface area contributed by atoms with E-state index in [2.05, 4.69) is 4.99 Å². The molecule has 0 saturated carbocycles. The molecule has 0 atom stereocenters. The van der Waals surface area contributed by atoms with Gasteiger partial charge in [0.2, 0.25) is 5.78 Å². The molecule has 1 heterocycles. The number of hydrogen-bond acceptors (Lipinski definition) is 5. The van der Waals surface area contributed by atoms with E-state index < -0.39 is 11.6 Å². The number of fused-ring (bicyclic) bond motifs is 1. The molecule has 0 aromatic heterocycles. The number of methoxy groups -OCH3 is 2. The van der Waals surface area contributed by atoms with Crippen molar-refractivity contribution in [1.29, 1.82) is 0 Å². The molecule has 0 unspecified atom stereocenters. The first kappa shape index (κ1) is 14.0. The van der Waals surface area contributed by atoms with Crippen LogP contribution in [0.4, 0.5) is 5.69 Å². The minimum Gasteiger partial charge on any atom is -0.493 e. The molecule has 0 amide bonds. The number of ether oxygens (including phenoxy) is 2. The maximum atomic E-state index is 12.3. The molecular weight excluding hydrogens is 282 g/mol. The van der Waals surface area contributed by atoms with Gasteiger partial charge in [0.1, 0.15) is 5.71 Å². The SMILES string of the molecule is COc1ccc(C2=Nc3ccccc3C(=O)C2=O)cc1OC. The average molecular weight is 295 g/mol. The van der Waals surface area contributed by atoms with Crippen LogP contribution in [0.3, 0.4) is 0 Å². The van der Waals surface area contributed by atoms with E-state index in [1.165, 1.54) is 14.2 Å². The summed E-state index contributed by atoms with van der Waals surface area (Å²) in [5, 5.41) is 0. The summed E-state index contributed by atoms with van der Waals surface area (Å²) in [6.07, 6.45) is 0. The van der Waals surface area contributed by atoms with Crippen LogP contribution in [0.5, 0.6) is 11.5 Å². The maximum Gasteiger partial charge on any atom is 0.252 e. The first-order chi connectivity index (χ1) is 10.7. The van der Waals surface area contributed by atoms with Gasteiger partial charge in [-0.1, -0.05) is 12.1 Å². The molecule has 0 radical (unpaired) electrons. The third-order valence-corrected chi connectivity index (χ3v) is 3.46. The Hall–Kier alpha value is -2.95. The molecule has 0 saturated heterocycles. The summed E-state index contributed by atoms with van der Waals surface area (Å²) >= 11 is 0. The second-order valence-electron chi connectivity index (χ2n) is 4.71. The van der Waals surface area contributed by atoms with Crippen LogP contribution >= 0.6 is 0 Å². The normalized spacial score (nSPS) is 13.5. The highest BCUT2D eigenvalue weighted by Gasteiger charge is 2.30. The fraction of sp³-hybridized carbons (Fsp3) is 0.118. The Morgan fingerprint density at radius 3 is 2.32 bits per heavy atom. The standard InChI is InChI=1S/C17H13NO4/c1-21-13-8-7-10(9-14(13)22-2)15-17(20)16(19)11-5-3-4-6-12(11)18-15/h3-9H,1-2H3. The Labute approximate surface area is 127 Å². The number of carbonyl (C=O) groups excluding carboxylic acids is 2. The van der Waals surface area contributed by atoms with E-state index in [9.17, 15) is 9.59 Å². The Bertz CT molecular complexity index is 808. The minimum atomic E-state index is -0.620. The molecule has 3 rings (SSSR count). The Kier molecular flexibility index (Phi) is 3.47. The molecule has 1 aliphatic rings. The zero-order valence-corrected chi connectivity index (χ0v) is 12.1. The molecule has 2 aromatic rings. The molecule has 0 fully saturated rings. The van der Waals surface area contributed by atoms with Crippen molar-refractivity contribution >= 4 is 23.0 Å². The van der Waals surface area contributed by atoms with Crippen molar-refractivity contribution in [3.05, 3.63) is 53.6 Å². The van der Waals surface area contributed by atoms with Gasteiger partial charge in [0.25, 0.3) is 5.78 Å². The number of ketones is 2. The number of Topliss-reactive ketones (excluding diaryl/α,β-unsaturated/α-hetero) is 2. The van der Waals surface area contributed by atoms with Gasteiger partial charge in [-0.25, -0.2) is 4.99 Å². The van der Waals surface area contributed by atoms with Gasteiger partial charge in [-0.2, -0.15) is 0 Å². The number of aliphatic imine (C=N–C) groups is 1. The number of rotatable bonds is 3. The van der Waals surface area contributed by atoms with E-state index in [4.69, 9.17) is 9.47 Å². The first-order valence-corrected chi connectivity index (χ1v) is 6.65. The molecule has 0 aliphatic carbocycles. The molecule has 1 aliphatic heterocycles. The van der Waals surface area contributed by atoms with Gasteiger partial charge in [0.15, 0.2) is 11.5 Å². The molecule has 5 heteroatoms. The second-order valence-corrected chi connectivity index (χ2v) is 4.71.